The summed E-state index contributed by atoms with van der Waals surface area (Å²) < 4.78 is 0. The van der Waals surface area contributed by atoms with E-state index in [1.165, 1.54) is 23.0 Å². The first-order valence-corrected chi connectivity index (χ1v) is 5.17. The summed E-state index contributed by atoms with van der Waals surface area (Å²) in [5.41, 5.74) is 2.49. The molecule has 2 rings (SSSR count). The van der Waals surface area contributed by atoms with Crippen molar-refractivity contribution >= 4 is 10.9 Å². The van der Waals surface area contributed by atoms with Crippen molar-refractivity contribution in [2.75, 3.05) is 6.54 Å². The highest BCUT2D eigenvalue weighted by Crippen LogP contribution is 2.14. The van der Waals surface area contributed by atoms with Gasteiger partial charge in [0.15, 0.2) is 0 Å². The Hall–Kier alpha value is -1.28. The molecular formula is C12H16N2. The first-order chi connectivity index (χ1) is 6.90. The summed E-state index contributed by atoms with van der Waals surface area (Å²) in [7, 11) is 0. The Labute approximate surface area is 84.3 Å². The summed E-state index contributed by atoms with van der Waals surface area (Å²) in [5.74, 6) is 0. The second kappa shape index (κ2) is 4.29. The SMILES string of the molecule is CCCNCc1cc2ccccc2[nH]1. The molecule has 0 amide bonds. The molecule has 0 saturated carbocycles. The van der Waals surface area contributed by atoms with E-state index in [1.807, 2.05) is 0 Å². The molecule has 2 heteroatoms. The van der Waals surface area contributed by atoms with Crippen LogP contribution in [-0.2, 0) is 6.54 Å². The Kier molecular flexibility index (Phi) is 2.84. The molecule has 2 nitrogen and oxygen atoms in total. The number of para-hydroxylation sites is 1. The van der Waals surface area contributed by atoms with Crippen molar-refractivity contribution in [1.82, 2.24) is 10.3 Å². The third-order valence-corrected chi connectivity index (χ3v) is 2.33. The van der Waals surface area contributed by atoms with Crippen LogP contribution in [0, 0.1) is 0 Å². The average molecular weight is 188 g/mol. The average Bonchev–Trinajstić information content (AvgIpc) is 2.60. The third kappa shape index (κ3) is 1.96. The van der Waals surface area contributed by atoms with Crippen LogP contribution in [0.3, 0.4) is 0 Å². The summed E-state index contributed by atoms with van der Waals surface area (Å²) in [6.45, 7) is 4.19. The Morgan fingerprint density at radius 2 is 2.14 bits per heavy atom. The van der Waals surface area contributed by atoms with Crippen LogP contribution in [0.25, 0.3) is 10.9 Å². The molecule has 0 aliphatic heterocycles. The van der Waals surface area contributed by atoms with Crippen molar-refractivity contribution in [1.29, 1.82) is 0 Å². The van der Waals surface area contributed by atoms with Crippen LogP contribution < -0.4 is 5.32 Å². The Morgan fingerprint density at radius 3 is 2.93 bits per heavy atom. The lowest BCUT2D eigenvalue weighted by Gasteiger charge is -1.98. The van der Waals surface area contributed by atoms with Gasteiger partial charge in [0.25, 0.3) is 0 Å². The second-order valence-corrected chi connectivity index (χ2v) is 3.56. The van der Waals surface area contributed by atoms with Gasteiger partial charge in [-0.05, 0) is 30.5 Å². The van der Waals surface area contributed by atoms with Crippen LogP contribution in [0.15, 0.2) is 30.3 Å². The fourth-order valence-corrected chi connectivity index (χ4v) is 1.63. The number of nitrogens with one attached hydrogen (secondary N) is 2. The largest absolute Gasteiger partial charge is 0.357 e. The number of benzene rings is 1. The van der Waals surface area contributed by atoms with Gasteiger partial charge >= 0.3 is 0 Å². The highest BCUT2D eigenvalue weighted by atomic mass is 14.9. The number of rotatable bonds is 4. The van der Waals surface area contributed by atoms with Crippen LogP contribution in [0.1, 0.15) is 19.0 Å². The normalized spacial score (nSPS) is 10.9. The van der Waals surface area contributed by atoms with Gasteiger partial charge in [-0.2, -0.15) is 0 Å². The number of hydrogen-bond acceptors (Lipinski definition) is 1. The van der Waals surface area contributed by atoms with E-state index in [0.717, 1.165) is 13.1 Å². The van der Waals surface area contributed by atoms with Crippen molar-refractivity contribution in [3.05, 3.63) is 36.0 Å². The summed E-state index contributed by atoms with van der Waals surface area (Å²) in [4.78, 5) is 3.39. The van der Waals surface area contributed by atoms with Crippen LogP contribution >= 0.6 is 0 Å². The molecule has 0 spiro atoms. The fraction of sp³-hybridized carbons (Fsp3) is 0.333. The van der Waals surface area contributed by atoms with Gasteiger partial charge in [0.1, 0.15) is 0 Å². The van der Waals surface area contributed by atoms with E-state index in [9.17, 15) is 0 Å². The number of fused-ring (bicyclic) bond motifs is 1. The lowest BCUT2D eigenvalue weighted by atomic mass is 10.2. The van der Waals surface area contributed by atoms with Gasteiger partial charge in [-0.25, -0.2) is 0 Å². The molecule has 0 unspecified atom stereocenters. The minimum atomic E-state index is 0.933. The van der Waals surface area contributed by atoms with Gasteiger partial charge < -0.3 is 10.3 Å². The van der Waals surface area contributed by atoms with Gasteiger partial charge in [0.05, 0.1) is 0 Å². The van der Waals surface area contributed by atoms with Crippen molar-refractivity contribution in [2.45, 2.75) is 19.9 Å². The fourth-order valence-electron chi connectivity index (χ4n) is 1.63. The molecular weight excluding hydrogens is 172 g/mol. The minimum Gasteiger partial charge on any atom is -0.357 e. The zero-order chi connectivity index (χ0) is 9.80. The molecule has 0 radical (unpaired) electrons. The van der Waals surface area contributed by atoms with Gasteiger partial charge in [-0.15, -0.1) is 0 Å². The quantitative estimate of drug-likeness (QED) is 0.709. The maximum absolute atomic E-state index is 3.39. The number of H-pyrrole nitrogens is 1. The van der Waals surface area contributed by atoms with E-state index in [-0.39, 0.29) is 0 Å². The van der Waals surface area contributed by atoms with Crippen molar-refractivity contribution in [3.8, 4) is 0 Å². The molecule has 14 heavy (non-hydrogen) atoms. The molecule has 1 heterocycles. The lowest BCUT2D eigenvalue weighted by Crippen LogP contribution is -2.13. The predicted octanol–water partition coefficient (Wildman–Crippen LogP) is 2.67. The Bertz CT molecular complexity index is 370. The molecule has 2 N–H and O–H groups in total. The molecule has 0 bridgehead atoms. The highest BCUT2D eigenvalue weighted by Gasteiger charge is 1.98. The van der Waals surface area contributed by atoms with Gasteiger partial charge in [0.2, 0.25) is 0 Å². The molecule has 74 valence electrons. The van der Waals surface area contributed by atoms with Crippen LogP contribution in [0.5, 0.6) is 0 Å². The van der Waals surface area contributed by atoms with Crippen molar-refractivity contribution in [2.24, 2.45) is 0 Å². The zero-order valence-corrected chi connectivity index (χ0v) is 8.51. The van der Waals surface area contributed by atoms with E-state index in [1.54, 1.807) is 0 Å². The number of aromatic nitrogens is 1. The molecule has 0 fully saturated rings. The van der Waals surface area contributed by atoms with E-state index in [2.05, 4.69) is 47.6 Å². The van der Waals surface area contributed by atoms with Crippen LogP contribution in [0.2, 0.25) is 0 Å². The van der Waals surface area contributed by atoms with Crippen LogP contribution in [-0.4, -0.2) is 11.5 Å². The summed E-state index contributed by atoms with van der Waals surface area (Å²) in [5, 5.41) is 4.67. The van der Waals surface area contributed by atoms with Gasteiger partial charge in [-0.3, -0.25) is 0 Å². The van der Waals surface area contributed by atoms with E-state index < -0.39 is 0 Å². The lowest BCUT2D eigenvalue weighted by molar-refractivity contribution is 0.667. The maximum atomic E-state index is 3.39. The summed E-state index contributed by atoms with van der Waals surface area (Å²) in [6.07, 6.45) is 1.18. The molecule has 0 atom stereocenters. The first-order valence-electron chi connectivity index (χ1n) is 5.17. The Morgan fingerprint density at radius 1 is 1.29 bits per heavy atom. The van der Waals surface area contributed by atoms with Gasteiger partial charge in [-0.1, -0.05) is 25.1 Å². The number of aromatic amines is 1. The monoisotopic (exact) mass is 188 g/mol. The molecule has 0 aliphatic rings. The number of hydrogen-bond donors (Lipinski definition) is 2. The molecule has 2 aromatic rings. The van der Waals surface area contributed by atoms with Crippen molar-refractivity contribution < 1.29 is 0 Å². The van der Waals surface area contributed by atoms with E-state index in [4.69, 9.17) is 0 Å². The smallest absolute Gasteiger partial charge is 0.0456 e. The minimum absolute atomic E-state index is 0.933. The van der Waals surface area contributed by atoms with Gasteiger partial charge in [0, 0.05) is 17.8 Å². The maximum Gasteiger partial charge on any atom is 0.0456 e. The standard InChI is InChI=1S/C12H16N2/c1-2-7-13-9-11-8-10-5-3-4-6-12(10)14-11/h3-6,8,13-14H,2,7,9H2,1H3. The topological polar surface area (TPSA) is 27.8 Å². The van der Waals surface area contributed by atoms with E-state index >= 15 is 0 Å². The molecule has 0 aliphatic carbocycles. The second-order valence-electron chi connectivity index (χ2n) is 3.56. The molecule has 0 saturated heterocycles. The zero-order valence-electron chi connectivity index (χ0n) is 8.51. The summed E-state index contributed by atoms with van der Waals surface area (Å²) >= 11 is 0. The molecule has 1 aromatic heterocycles. The third-order valence-electron chi connectivity index (χ3n) is 2.33. The van der Waals surface area contributed by atoms with Crippen molar-refractivity contribution in [3.63, 3.8) is 0 Å². The van der Waals surface area contributed by atoms with E-state index in [0.29, 0.717) is 0 Å². The summed E-state index contributed by atoms with van der Waals surface area (Å²) in [6, 6.07) is 10.6. The highest BCUT2D eigenvalue weighted by molar-refractivity contribution is 5.80. The predicted molar refractivity (Wildman–Crippen MR) is 60.3 cm³/mol. The molecule has 1 aromatic carbocycles. The van der Waals surface area contributed by atoms with Crippen LogP contribution in [0.4, 0.5) is 0 Å². The Balaban J connectivity index is 2.11. The first kappa shape index (κ1) is 9.28.